The summed E-state index contributed by atoms with van der Waals surface area (Å²) in [4.78, 5) is 45.0. The Morgan fingerprint density at radius 3 is 1.70 bits per heavy atom. The van der Waals surface area contributed by atoms with E-state index in [0.717, 1.165) is 25.8 Å². The quantitative estimate of drug-likeness (QED) is 0.190. The van der Waals surface area contributed by atoms with Crippen LogP contribution >= 0.6 is 0 Å². The average Bonchev–Trinajstić information content (AvgIpc) is 2.69. The maximum absolute atomic E-state index is 11.5. The van der Waals surface area contributed by atoms with Gasteiger partial charge in [-0.3, -0.25) is 14.4 Å². The Kier molecular flexibility index (Phi) is 18.4. The van der Waals surface area contributed by atoms with Gasteiger partial charge in [0.05, 0.1) is 0 Å². The Labute approximate surface area is 178 Å². The van der Waals surface area contributed by atoms with Crippen LogP contribution in [0.4, 0.5) is 4.79 Å². The summed E-state index contributed by atoms with van der Waals surface area (Å²) in [7, 11) is 0. The lowest BCUT2D eigenvalue weighted by atomic mass is 10.2. The van der Waals surface area contributed by atoms with Crippen LogP contribution in [0.1, 0.15) is 71.6 Å². The smallest absolute Gasteiger partial charge is 0.410 e. The van der Waals surface area contributed by atoms with Crippen LogP contribution in [0.2, 0.25) is 0 Å². The Bertz CT molecular complexity index is 455. The van der Waals surface area contributed by atoms with E-state index >= 15 is 0 Å². The molecule has 30 heavy (non-hydrogen) atoms. The van der Waals surface area contributed by atoms with Gasteiger partial charge >= 0.3 is 24.0 Å². The van der Waals surface area contributed by atoms with Gasteiger partial charge in [0, 0.05) is 25.8 Å². The molecule has 174 valence electrons. The molecule has 10 heteroatoms. The molecule has 0 aromatic carbocycles. The van der Waals surface area contributed by atoms with Gasteiger partial charge in [-0.2, -0.15) is 0 Å². The van der Waals surface area contributed by atoms with Crippen molar-refractivity contribution < 1.29 is 38.1 Å². The first kappa shape index (κ1) is 27.6. The van der Waals surface area contributed by atoms with Crippen LogP contribution in [0.5, 0.6) is 0 Å². The fourth-order valence-corrected chi connectivity index (χ4v) is 2.21. The second-order valence-corrected chi connectivity index (χ2v) is 6.56. The van der Waals surface area contributed by atoms with Crippen LogP contribution in [-0.4, -0.2) is 57.2 Å². The van der Waals surface area contributed by atoms with E-state index in [9.17, 15) is 19.2 Å². The lowest BCUT2D eigenvalue weighted by Crippen LogP contribution is -2.27. The second kappa shape index (κ2) is 19.9. The maximum atomic E-state index is 11.5. The van der Waals surface area contributed by atoms with Crippen molar-refractivity contribution in [1.29, 1.82) is 0 Å². The predicted octanol–water partition coefficient (Wildman–Crippen LogP) is 2.40. The summed E-state index contributed by atoms with van der Waals surface area (Å²) in [5, 5.41) is 5.81. The van der Waals surface area contributed by atoms with Gasteiger partial charge < -0.3 is 29.6 Å². The standard InChI is InChI=1S/C20H36N2O8/c1-3-9-17(23)27-15-28-19(25)11-8-13-21-12-6-5-7-14-22-20(26)30-16-29-18(24)10-4-2/h21H,3-16H2,1-2H3,(H,22,26). The fraction of sp³-hybridized carbons (Fsp3) is 0.800. The minimum absolute atomic E-state index is 0.262. The van der Waals surface area contributed by atoms with E-state index in [4.69, 9.17) is 18.9 Å². The molecule has 0 radical (unpaired) electrons. The molecule has 0 saturated heterocycles. The third-order valence-electron chi connectivity index (χ3n) is 3.79. The molecule has 0 aromatic rings. The molecule has 0 atom stereocenters. The van der Waals surface area contributed by atoms with Gasteiger partial charge in [0.15, 0.2) is 0 Å². The van der Waals surface area contributed by atoms with Crippen molar-refractivity contribution in [2.45, 2.75) is 71.6 Å². The molecule has 0 aliphatic rings. The van der Waals surface area contributed by atoms with Gasteiger partial charge in [-0.25, -0.2) is 4.79 Å². The van der Waals surface area contributed by atoms with E-state index in [0.29, 0.717) is 45.2 Å². The Morgan fingerprint density at radius 2 is 1.10 bits per heavy atom. The van der Waals surface area contributed by atoms with Gasteiger partial charge in [-0.1, -0.05) is 20.3 Å². The zero-order valence-electron chi connectivity index (χ0n) is 18.2. The highest BCUT2D eigenvalue weighted by molar-refractivity contribution is 5.71. The summed E-state index contributed by atoms with van der Waals surface area (Å²) in [6.07, 6.45) is 4.95. The van der Waals surface area contributed by atoms with Crippen LogP contribution in [0.15, 0.2) is 0 Å². The van der Waals surface area contributed by atoms with Crippen molar-refractivity contribution in [3.05, 3.63) is 0 Å². The number of carbonyl (C=O) groups is 4. The van der Waals surface area contributed by atoms with Crippen LogP contribution in [0.25, 0.3) is 0 Å². The molecular weight excluding hydrogens is 396 g/mol. The number of ether oxygens (including phenoxy) is 4. The molecular formula is C20H36N2O8. The summed E-state index contributed by atoms with van der Waals surface area (Å²) in [6, 6.07) is 0. The molecule has 10 nitrogen and oxygen atoms in total. The molecule has 0 fully saturated rings. The minimum Gasteiger partial charge on any atom is -0.428 e. The molecule has 0 bridgehead atoms. The molecule has 0 aliphatic carbocycles. The third-order valence-corrected chi connectivity index (χ3v) is 3.79. The maximum Gasteiger partial charge on any atom is 0.410 e. The number of carbonyl (C=O) groups excluding carboxylic acids is 4. The number of amides is 1. The van der Waals surface area contributed by atoms with Gasteiger partial charge in [-0.15, -0.1) is 0 Å². The van der Waals surface area contributed by atoms with Crippen molar-refractivity contribution in [3.63, 3.8) is 0 Å². The van der Waals surface area contributed by atoms with Crippen molar-refractivity contribution in [3.8, 4) is 0 Å². The highest BCUT2D eigenvalue weighted by Crippen LogP contribution is 1.97. The van der Waals surface area contributed by atoms with Crippen molar-refractivity contribution in [2.75, 3.05) is 33.2 Å². The van der Waals surface area contributed by atoms with E-state index in [1.165, 1.54) is 0 Å². The minimum atomic E-state index is -0.607. The molecule has 0 heterocycles. The zero-order valence-corrected chi connectivity index (χ0v) is 18.2. The Balaban J connectivity index is 3.36. The van der Waals surface area contributed by atoms with E-state index in [1.54, 1.807) is 0 Å². The summed E-state index contributed by atoms with van der Waals surface area (Å²) >= 11 is 0. The first-order valence-electron chi connectivity index (χ1n) is 10.6. The number of nitrogens with one attached hydrogen (secondary N) is 2. The van der Waals surface area contributed by atoms with Crippen LogP contribution < -0.4 is 10.6 Å². The van der Waals surface area contributed by atoms with Gasteiger partial charge in [-0.05, 0) is 45.2 Å². The lowest BCUT2D eigenvalue weighted by Gasteiger charge is -2.08. The molecule has 0 spiro atoms. The van der Waals surface area contributed by atoms with Gasteiger partial charge in [0.1, 0.15) is 0 Å². The number of hydrogen-bond donors (Lipinski definition) is 2. The molecule has 1 amide bonds. The van der Waals surface area contributed by atoms with Crippen molar-refractivity contribution >= 4 is 24.0 Å². The Hall–Kier alpha value is -2.36. The molecule has 0 unspecified atom stereocenters. The molecule has 0 rings (SSSR count). The van der Waals surface area contributed by atoms with Crippen molar-refractivity contribution in [1.82, 2.24) is 10.6 Å². The van der Waals surface area contributed by atoms with E-state index in [-0.39, 0.29) is 37.9 Å². The lowest BCUT2D eigenvalue weighted by molar-refractivity contribution is -0.167. The van der Waals surface area contributed by atoms with Gasteiger partial charge in [0.25, 0.3) is 0 Å². The summed E-state index contributed by atoms with van der Waals surface area (Å²) in [6.45, 7) is 5.01. The molecule has 2 N–H and O–H groups in total. The monoisotopic (exact) mass is 432 g/mol. The van der Waals surface area contributed by atoms with Crippen LogP contribution in [0, 0.1) is 0 Å². The van der Waals surface area contributed by atoms with E-state index in [1.807, 2.05) is 13.8 Å². The molecule has 0 aliphatic heterocycles. The molecule has 0 saturated carbocycles. The highest BCUT2D eigenvalue weighted by Gasteiger charge is 2.06. The summed E-state index contributed by atoms with van der Waals surface area (Å²) < 4.78 is 19.0. The normalized spacial score (nSPS) is 10.2. The first-order chi connectivity index (χ1) is 14.5. The van der Waals surface area contributed by atoms with Crippen LogP contribution in [-0.2, 0) is 33.3 Å². The fourth-order valence-electron chi connectivity index (χ4n) is 2.21. The molecule has 0 aromatic heterocycles. The van der Waals surface area contributed by atoms with Crippen molar-refractivity contribution in [2.24, 2.45) is 0 Å². The van der Waals surface area contributed by atoms with Crippen LogP contribution in [0.3, 0.4) is 0 Å². The summed E-state index contributed by atoms with van der Waals surface area (Å²) in [5.41, 5.74) is 0. The second-order valence-electron chi connectivity index (χ2n) is 6.56. The average molecular weight is 433 g/mol. The number of esters is 3. The number of rotatable bonds is 18. The SMILES string of the molecule is CCCC(=O)OCOC(=O)CCCNCCCCCNC(=O)OCOC(=O)CCC. The highest BCUT2D eigenvalue weighted by atomic mass is 16.7. The largest absolute Gasteiger partial charge is 0.428 e. The van der Waals surface area contributed by atoms with E-state index in [2.05, 4.69) is 10.6 Å². The third kappa shape index (κ3) is 19.0. The number of alkyl carbamates (subject to hydrolysis) is 1. The predicted molar refractivity (Wildman–Crippen MR) is 108 cm³/mol. The number of unbranched alkanes of at least 4 members (excludes halogenated alkanes) is 2. The Morgan fingerprint density at radius 1 is 0.600 bits per heavy atom. The zero-order chi connectivity index (χ0) is 22.5. The van der Waals surface area contributed by atoms with Gasteiger partial charge in [0.2, 0.25) is 13.6 Å². The van der Waals surface area contributed by atoms with E-state index < -0.39 is 6.09 Å². The number of hydrogen-bond acceptors (Lipinski definition) is 9. The topological polar surface area (TPSA) is 129 Å². The summed E-state index contributed by atoms with van der Waals surface area (Å²) in [5.74, 6) is -1.14. The first-order valence-corrected chi connectivity index (χ1v) is 10.6.